The van der Waals surface area contributed by atoms with Gasteiger partial charge in [-0.25, -0.2) is 8.78 Å². The summed E-state index contributed by atoms with van der Waals surface area (Å²) in [7, 11) is 0. The molecule has 3 nitrogen and oxygen atoms in total. The van der Waals surface area contributed by atoms with Gasteiger partial charge >= 0.3 is 0 Å². The number of hydrogen-bond donors (Lipinski definition) is 1. The zero-order valence-electron chi connectivity index (χ0n) is 10.5. The van der Waals surface area contributed by atoms with E-state index in [9.17, 15) is 8.78 Å². The summed E-state index contributed by atoms with van der Waals surface area (Å²) < 4.78 is 32.7. The van der Waals surface area contributed by atoms with Crippen molar-refractivity contribution in [3.05, 3.63) is 58.7 Å². The second kappa shape index (κ2) is 5.08. The molecule has 6 heteroatoms. The van der Waals surface area contributed by atoms with Crippen molar-refractivity contribution >= 4 is 22.5 Å². The third-order valence-corrected chi connectivity index (χ3v) is 3.36. The molecule has 0 aliphatic carbocycles. The normalized spacial score (nSPS) is 10.6. The molecule has 104 valence electrons. The van der Waals surface area contributed by atoms with Crippen molar-refractivity contribution in [2.45, 2.75) is 0 Å². The molecule has 0 saturated carbocycles. The minimum Gasteiger partial charge on any atom is -0.453 e. The number of nitriles is 1. The highest BCUT2D eigenvalue weighted by Gasteiger charge is 2.16. The molecule has 1 aromatic heterocycles. The van der Waals surface area contributed by atoms with E-state index in [1.807, 2.05) is 0 Å². The van der Waals surface area contributed by atoms with E-state index >= 15 is 0 Å². The molecule has 1 heterocycles. The van der Waals surface area contributed by atoms with Crippen molar-refractivity contribution in [3.8, 4) is 17.6 Å². The van der Waals surface area contributed by atoms with Gasteiger partial charge in [0.25, 0.3) is 0 Å². The van der Waals surface area contributed by atoms with Crippen LogP contribution in [0.2, 0.25) is 5.02 Å². The quantitative estimate of drug-likeness (QED) is 0.741. The van der Waals surface area contributed by atoms with Gasteiger partial charge in [0.15, 0.2) is 11.6 Å². The number of benzene rings is 2. The summed E-state index contributed by atoms with van der Waals surface area (Å²) >= 11 is 6.12. The highest BCUT2D eigenvalue weighted by atomic mass is 35.5. The number of hydrogen-bond acceptors (Lipinski definition) is 2. The number of nitrogens with zero attached hydrogens (tertiary/aromatic N) is 1. The standard InChI is InChI=1S/C15H7ClF2N2O/c16-14-10-3-4-20-13(10)6-12(18)15(14)21-9-1-2-11(17)8(5-9)7-19/h1-6,20H. The molecule has 3 rings (SSSR count). The van der Waals surface area contributed by atoms with Crippen molar-refractivity contribution in [3.63, 3.8) is 0 Å². The monoisotopic (exact) mass is 304 g/mol. The van der Waals surface area contributed by atoms with Gasteiger partial charge in [0.1, 0.15) is 17.6 Å². The third-order valence-electron chi connectivity index (χ3n) is 2.98. The first-order chi connectivity index (χ1) is 10.1. The molecule has 0 unspecified atom stereocenters. The second-order valence-corrected chi connectivity index (χ2v) is 4.67. The fraction of sp³-hybridized carbons (Fsp3) is 0. The molecule has 0 saturated heterocycles. The number of ether oxygens (including phenoxy) is 1. The summed E-state index contributed by atoms with van der Waals surface area (Å²) in [6.07, 6.45) is 1.63. The van der Waals surface area contributed by atoms with Crippen LogP contribution in [0.4, 0.5) is 8.78 Å². The minimum atomic E-state index is -0.669. The van der Waals surface area contributed by atoms with Crippen molar-refractivity contribution in [1.82, 2.24) is 4.98 Å². The van der Waals surface area contributed by atoms with Gasteiger partial charge in [-0.2, -0.15) is 5.26 Å². The molecule has 0 aliphatic heterocycles. The van der Waals surface area contributed by atoms with Gasteiger partial charge in [0.05, 0.1) is 16.1 Å². The second-order valence-electron chi connectivity index (χ2n) is 4.30. The Morgan fingerprint density at radius 3 is 2.71 bits per heavy atom. The Morgan fingerprint density at radius 2 is 1.95 bits per heavy atom. The topological polar surface area (TPSA) is 48.8 Å². The van der Waals surface area contributed by atoms with Gasteiger partial charge in [-0.3, -0.25) is 0 Å². The highest BCUT2D eigenvalue weighted by Crippen LogP contribution is 2.38. The smallest absolute Gasteiger partial charge is 0.182 e. The summed E-state index contributed by atoms with van der Waals surface area (Å²) in [4.78, 5) is 2.85. The number of H-pyrrole nitrogens is 1. The summed E-state index contributed by atoms with van der Waals surface area (Å²) in [6.45, 7) is 0. The number of rotatable bonds is 2. The van der Waals surface area contributed by atoms with Crippen LogP contribution >= 0.6 is 11.6 Å². The predicted octanol–water partition coefficient (Wildman–Crippen LogP) is 4.76. The zero-order chi connectivity index (χ0) is 15.0. The first-order valence-electron chi connectivity index (χ1n) is 5.92. The highest BCUT2D eigenvalue weighted by molar-refractivity contribution is 6.37. The van der Waals surface area contributed by atoms with Crippen molar-refractivity contribution in [2.75, 3.05) is 0 Å². The molecule has 21 heavy (non-hydrogen) atoms. The summed E-state index contributed by atoms with van der Waals surface area (Å²) in [5, 5.41) is 9.49. The Kier molecular flexibility index (Phi) is 3.24. The van der Waals surface area contributed by atoms with E-state index in [0.717, 1.165) is 6.07 Å². The lowest BCUT2D eigenvalue weighted by atomic mass is 10.2. The molecule has 0 radical (unpaired) electrons. The Balaban J connectivity index is 2.08. The van der Waals surface area contributed by atoms with Crippen LogP contribution in [0.1, 0.15) is 5.56 Å². The number of fused-ring (bicyclic) bond motifs is 1. The average molecular weight is 305 g/mol. The van der Waals surface area contributed by atoms with Gasteiger partial charge in [-0.1, -0.05) is 11.6 Å². The van der Waals surface area contributed by atoms with Gasteiger partial charge in [0.2, 0.25) is 0 Å². The van der Waals surface area contributed by atoms with Gasteiger partial charge in [-0.05, 0) is 18.2 Å². The molecule has 1 N–H and O–H groups in total. The van der Waals surface area contributed by atoms with E-state index < -0.39 is 11.6 Å². The van der Waals surface area contributed by atoms with Crippen LogP contribution < -0.4 is 4.74 Å². The fourth-order valence-corrected chi connectivity index (χ4v) is 2.27. The number of halogens is 3. The molecule has 0 bridgehead atoms. The Hall–Kier alpha value is -2.58. The van der Waals surface area contributed by atoms with E-state index in [1.165, 1.54) is 18.2 Å². The lowest BCUT2D eigenvalue weighted by Crippen LogP contribution is -1.92. The number of nitrogens with one attached hydrogen (secondary N) is 1. The fourth-order valence-electron chi connectivity index (χ4n) is 1.98. The van der Waals surface area contributed by atoms with E-state index in [-0.39, 0.29) is 22.1 Å². The molecule has 0 fully saturated rings. The average Bonchev–Trinajstić information content (AvgIpc) is 2.93. The van der Waals surface area contributed by atoms with Gasteiger partial charge in [0, 0.05) is 23.7 Å². The van der Waals surface area contributed by atoms with Crippen molar-refractivity contribution in [2.24, 2.45) is 0 Å². The van der Waals surface area contributed by atoms with Crippen molar-refractivity contribution in [1.29, 1.82) is 5.26 Å². The zero-order valence-corrected chi connectivity index (χ0v) is 11.2. The van der Waals surface area contributed by atoms with Crippen molar-refractivity contribution < 1.29 is 13.5 Å². The molecular weight excluding hydrogens is 298 g/mol. The van der Waals surface area contributed by atoms with Crippen LogP contribution in [0, 0.1) is 23.0 Å². The van der Waals surface area contributed by atoms with Crippen LogP contribution in [-0.2, 0) is 0 Å². The lowest BCUT2D eigenvalue weighted by molar-refractivity contribution is 0.442. The van der Waals surface area contributed by atoms with Crippen LogP contribution in [0.5, 0.6) is 11.5 Å². The van der Waals surface area contributed by atoms with E-state index in [1.54, 1.807) is 18.3 Å². The molecule has 0 atom stereocenters. The first-order valence-corrected chi connectivity index (χ1v) is 6.30. The summed E-state index contributed by atoms with van der Waals surface area (Å²) in [6, 6.07) is 8.20. The minimum absolute atomic E-state index is 0.106. The third kappa shape index (κ3) is 2.30. The molecule has 3 aromatic rings. The maximum atomic E-state index is 14.0. The summed E-state index contributed by atoms with van der Waals surface area (Å²) in [5.41, 5.74) is 0.355. The molecule has 0 aliphatic rings. The lowest BCUT2D eigenvalue weighted by Gasteiger charge is -2.10. The Morgan fingerprint density at radius 1 is 1.14 bits per heavy atom. The van der Waals surface area contributed by atoms with Crippen LogP contribution in [0.15, 0.2) is 36.5 Å². The van der Waals surface area contributed by atoms with E-state index in [0.29, 0.717) is 10.9 Å². The van der Waals surface area contributed by atoms with Crippen LogP contribution in [-0.4, -0.2) is 4.98 Å². The first kappa shape index (κ1) is 13.4. The molecular formula is C15H7ClF2N2O. The van der Waals surface area contributed by atoms with E-state index in [2.05, 4.69) is 4.98 Å². The Bertz CT molecular complexity index is 883. The molecule has 2 aromatic carbocycles. The van der Waals surface area contributed by atoms with Crippen LogP contribution in [0.3, 0.4) is 0 Å². The van der Waals surface area contributed by atoms with Gasteiger partial charge < -0.3 is 9.72 Å². The largest absolute Gasteiger partial charge is 0.453 e. The summed E-state index contributed by atoms with van der Waals surface area (Å²) in [5.74, 6) is -1.36. The number of aromatic amines is 1. The molecule has 0 amide bonds. The predicted molar refractivity (Wildman–Crippen MR) is 74.5 cm³/mol. The maximum Gasteiger partial charge on any atom is 0.182 e. The maximum absolute atomic E-state index is 14.0. The SMILES string of the molecule is N#Cc1cc(Oc2c(F)cc3[nH]ccc3c2Cl)ccc1F. The Labute approximate surface area is 123 Å². The van der Waals surface area contributed by atoms with Crippen LogP contribution in [0.25, 0.3) is 10.9 Å². The number of aromatic nitrogens is 1. The molecule has 0 spiro atoms. The van der Waals surface area contributed by atoms with Gasteiger partial charge in [-0.15, -0.1) is 0 Å². The van der Waals surface area contributed by atoms with E-state index in [4.69, 9.17) is 21.6 Å².